The Morgan fingerprint density at radius 2 is 1.97 bits per heavy atom. The molecule has 38 heavy (non-hydrogen) atoms. The van der Waals surface area contributed by atoms with Crippen LogP contribution in [0.2, 0.25) is 0 Å². The zero-order valence-corrected chi connectivity index (χ0v) is 22.2. The van der Waals surface area contributed by atoms with E-state index in [4.69, 9.17) is 4.99 Å². The van der Waals surface area contributed by atoms with Crippen molar-refractivity contribution in [3.8, 4) is 0 Å². The Bertz CT molecular complexity index is 1460. The molecule has 0 bridgehead atoms. The number of thioether (sulfide) groups is 1. The fourth-order valence-corrected chi connectivity index (χ4v) is 6.82. The molecule has 1 aromatic carbocycles. The van der Waals surface area contributed by atoms with Crippen LogP contribution in [0.4, 0.5) is 0 Å². The lowest BCUT2D eigenvalue weighted by atomic mass is 9.83. The van der Waals surface area contributed by atoms with Crippen molar-refractivity contribution in [1.29, 1.82) is 0 Å². The first kappa shape index (κ1) is 24.8. The summed E-state index contributed by atoms with van der Waals surface area (Å²) < 4.78 is 3.22. The third-order valence-electron chi connectivity index (χ3n) is 7.70. The molecule has 0 radical (unpaired) electrons. The number of carbonyl (C=O) groups is 2. The SMILES string of the molecule is Cc1ccc(Cn2cnc3c(cnn3CCNC(=O)CC3CSC4=NC5CCCCC5C(=O)N43)c2=O)cc1. The number of aromatic nitrogens is 4. The molecule has 3 atom stereocenters. The van der Waals surface area contributed by atoms with E-state index in [-0.39, 0.29) is 41.8 Å². The van der Waals surface area contributed by atoms with Crippen molar-refractivity contribution in [3.05, 3.63) is 58.3 Å². The summed E-state index contributed by atoms with van der Waals surface area (Å²) in [6, 6.07) is 8.01. The Balaban J connectivity index is 1.05. The lowest BCUT2D eigenvalue weighted by molar-refractivity contribution is -0.135. The molecule has 1 saturated heterocycles. The van der Waals surface area contributed by atoms with E-state index in [0.717, 1.165) is 36.4 Å². The van der Waals surface area contributed by atoms with Crippen LogP contribution in [0.1, 0.15) is 43.2 Å². The number of fused-ring (bicyclic) bond motifs is 3. The van der Waals surface area contributed by atoms with Crippen LogP contribution in [0.3, 0.4) is 0 Å². The highest BCUT2D eigenvalue weighted by Gasteiger charge is 2.45. The number of aryl methyl sites for hydroxylation is 1. The summed E-state index contributed by atoms with van der Waals surface area (Å²) in [5.41, 5.74) is 2.55. The minimum absolute atomic E-state index is 0.0289. The van der Waals surface area contributed by atoms with Crippen LogP contribution in [0.15, 0.2) is 46.6 Å². The van der Waals surface area contributed by atoms with Gasteiger partial charge in [-0.3, -0.25) is 28.8 Å². The molecule has 2 fully saturated rings. The van der Waals surface area contributed by atoms with Crippen LogP contribution in [-0.2, 0) is 22.7 Å². The summed E-state index contributed by atoms with van der Waals surface area (Å²) in [4.78, 5) is 50.0. The van der Waals surface area contributed by atoms with Crippen molar-refractivity contribution in [3.63, 3.8) is 0 Å². The summed E-state index contributed by atoms with van der Waals surface area (Å²) in [6.45, 7) is 3.21. The van der Waals surface area contributed by atoms with E-state index in [1.807, 2.05) is 31.2 Å². The summed E-state index contributed by atoms with van der Waals surface area (Å²) >= 11 is 1.58. The molecular formula is C27H31N7O3S. The van der Waals surface area contributed by atoms with Gasteiger partial charge in [0.2, 0.25) is 11.8 Å². The van der Waals surface area contributed by atoms with Gasteiger partial charge in [-0.25, -0.2) is 9.67 Å². The van der Waals surface area contributed by atoms with Crippen molar-refractivity contribution >= 4 is 39.8 Å². The van der Waals surface area contributed by atoms with E-state index < -0.39 is 0 Å². The van der Waals surface area contributed by atoms with Gasteiger partial charge in [0.05, 0.1) is 37.3 Å². The Hall–Kier alpha value is -3.47. The minimum atomic E-state index is -0.159. The highest BCUT2D eigenvalue weighted by Crippen LogP contribution is 2.38. The minimum Gasteiger partial charge on any atom is -0.354 e. The van der Waals surface area contributed by atoms with E-state index >= 15 is 0 Å². The summed E-state index contributed by atoms with van der Waals surface area (Å²) in [6.07, 6.45) is 7.41. The van der Waals surface area contributed by atoms with Gasteiger partial charge >= 0.3 is 0 Å². The second kappa shape index (κ2) is 10.4. The van der Waals surface area contributed by atoms with E-state index in [0.29, 0.717) is 36.4 Å². The number of rotatable bonds is 7. The average Bonchev–Trinajstić information content (AvgIpc) is 3.52. The van der Waals surface area contributed by atoms with Gasteiger partial charge in [0.15, 0.2) is 10.8 Å². The van der Waals surface area contributed by atoms with Gasteiger partial charge in [-0.1, -0.05) is 54.4 Å². The molecule has 4 heterocycles. The molecule has 2 aromatic heterocycles. The molecule has 198 valence electrons. The molecular weight excluding hydrogens is 502 g/mol. The first-order chi connectivity index (χ1) is 18.5. The summed E-state index contributed by atoms with van der Waals surface area (Å²) in [5.74, 6) is 0.698. The average molecular weight is 534 g/mol. The summed E-state index contributed by atoms with van der Waals surface area (Å²) in [5, 5.41) is 8.52. The van der Waals surface area contributed by atoms with Crippen molar-refractivity contribution in [2.75, 3.05) is 12.3 Å². The number of aliphatic imine (C=N–C) groups is 1. The molecule has 1 aliphatic carbocycles. The number of carbonyl (C=O) groups excluding carboxylic acids is 2. The van der Waals surface area contributed by atoms with Crippen molar-refractivity contribution in [2.45, 2.75) is 64.2 Å². The fourth-order valence-electron chi connectivity index (χ4n) is 5.62. The van der Waals surface area contributed by atoms with Gasteiger partial charge in [-0.15, -0.1) is 0 Å². The second-order valence-corrected chi connectivity index (χ2v) is 11.4. The van der Waals surface area contributed by atoms with Crippen LogP contribution in [0, 0.1) is 12.8 Å². The largest absolute Gasteiger partial charge is 0.354 e. The Labute approximate surface area is 224 Å². The van der Waals surface area contributed by atoms with Crippen LogP contribution in [-0.4, -0.2) is 65.6 Å². The van der Waals surface area contributed by atoms with Crippen molar-refractivity contribution in [1.82, 2.24) is 29.5 Å². The number of benzene rings is 1. The monoisotopic (exact) mass is 533 g/mol. The lowest BCUT2D eigenvalue weighted by Gasteiger charge is -2.37. The number of amides is 2. The fraction of sp³-hybridized carbons (Fsp3) is 0.481. The van der Waals surface area contributed by atoms with E-state index in [2.05, 4.69) is 15.4 Å². The van der Waals surface area contributed by atoms with E-state index in [1.165, 1.54) is 11.8 Å². The highest BCUT2D eigenvalue weighted by atomic mass is 32.2. The number of hydrogen-bond donors (Lipinski definition) is 1. The molecule has 3 aliphatic rings. The van der Waals surface area contributed by atoms with Crippen LogP contribution in [0.25, 0.3) is 11.0 Å². The predicted molar refractivity (Wildman–Crippen MR) is 146 cm³/mol. The van der Waals surface area contributed by atoms with Gasteiger partial charge < -0.3 is 5.32 Å². The number of hydrogen-bond acceptors (Lipinski definition) is 7. The molecule has 1 saturated carbocycles. The third-order valence-corrected chi connectivity index (χ3v) is 8.81. The predicted octanol–water partition coefficient (Wildman–Crippen LogP) is 2.33. The van der Waals surface area contributed by atoms with Crippen molar-refractivity contribution in [2.24, 2.45) is 10.9 Å². The molecule has 6 rings (SSSR count). The molecule has 1 N–H and O–H groups in total. The van der Waals surface area contributed by atoms with Gasteiger partial charge in [-0.2, -0.15) is 5.10 Å². The molecule has 0 spiro atoms. The van der Waals surface area contributed by atoms with Crippen molar-refractivity contribution < 1.29 is 9.59 Å². The molecule has 11 heteroatoms. The zero-order chi connectivity index (χ0) is 26.2. The van der Waals surface area contributed by atoms with Gasteiger partial charge in [-0.05, 0) is 25.3 Å². The highest BCUT2D eigenvalue weighted by molar-refractivity contribution is 8.14. The first-order valence-corrected chi connectivity index (χ1v) is 14.2. The van der Waals surface area contributed by atoms with E-state index in [1.54, 1.807) is 32.2 Å². The maximum Gasteiger partial charge on any atom is 0.264 e. The number of nitrogens with one attached hydrogen (secondary N) is 1. The molecule has 3 aromatic rings. The smallest absolute Gasteiger partial charge is 0.264 e. The first-order valence-electron chi connectivity index (χ1n) is 13.2. The van der Waals surface area contributed by atoms with Gasteiger partial charge in [0, 0.05) is 18.7 Å². The number of amidine groups is 1. The Morgan fingerprint density at radius 3 is 2.82 bits per heavy atom. The number of nitrogens with zero attached hydrogens (tertiary/aromatic N) is 6. The Morgan fingerprint density at radius 1 is 1.16 bits per heavy atom. The van der Waals surface area contributed by atoms with Gasteiger partial charge in [0.25, 0.3) is 5.56 Å². The second-order valence-electron chi connectivity index (χ2n) is 10.4. The maximum absolute atomic E-state index is 13.1. The topological polar surface area (TPSA) is 114 Å². The van der Waals surface area contributed by atoms with Crippen LogP contribution < -0.4 is 10.9 Å². The van der Waals surface area contributed by atoms with E-state index in [9.17, 15) is 14.4 Å². The Kier molecular flexibility index (Phi) is 6.77. The zero-order valence-electron chi connectivity index (χ0n) is 21.4. The molecule has 2 aliphatic heterocycles. The normalized spacial score (nSPS) is 22.8. The quantitative estimate of drug-likeness (QED) is 0.499. The lowest BCUT2D eigenvalue weighted by Crippen LogP contribution is -2.51. The summed E-state index contributed by atoms with van der Waals surface area (Å²) in [7, 11) is 0. The maximum atomic E-state index is 13.1. The van der Waals surface area contributed by atoms with Crippen LogP contribution in [0.5, 0.6) is 0 Å². The molecule has 10 nitrogen and oxygen atoms in total. The standard InChI is InChI=1S/C27H31N7O3S/c1-17-6-8-18(9-7-17)14-32-16-29-24-21(25(32)36)13-30-33(24)11-10-28-23(35)12-19-15-38-27-31-22-5-3-2-4-20(22)26(37)34(19)27/h6-9,13,16,19-20,22H,2-5,10-12,14-15H2,1H3,(H,28,35). The molecule has 2 amide bonds. The van der Waals surface area contributed by atoms with Gasteiger partial charge in [0.1, 0.15) is 11.7 Å². The third kappa shape index (κ3) is 4.75. The van der Waals surface area contributed by atoms with Crippen LogP contribution >= 0.6 is 11.8 Å². The molecule has 3 unspecified atom stereocenters.